The maximum atomic E-state index is 5.61. The minimum Gasteiger partial charge on any atom is -0.494 e. The number of ether oxygens (including phenoxy) is 1. The molecule has 1 aromatic rings. The molecular weight excluding hydrogens is 186 g/mol. The fourth-order valence-corrected chi connectivity index (χ4v) is 1.42. The molecule has 84 valence electrons. The fourth-order valence-electron chi connectivity index (χ4n) is 1.42. The van der Waals surface area contributed by atoms with Gasteiger partial charge in [0.1, 0.15) is 5.75 Å². The third-order valence-electron chi connectivity index (χ3n) is 2.25. The molecule has 0 heterocycles. The summed E-state index contributed by atoms with van der Waals surface area (Å²) in [7, 11) is 0. The van der Waals surface area contributed by atoms with Crippen molar-refractivity contribution in [3.8, 4) is 5.75 Å². The van der Waals surface area contributed by atoms with E-state index in [1.54, 1.807) is 0 Å². The highest BCUT2D eigenvalue weighted by Gasteiger charge is 1.94. The molecule has 0 aromatic heterocycles. The van der Waals surface area contributed by atoms with Gasteiger partial charge in [-0.05, 0) is 37.6 Å². The molecule has 0 saturated carbocycles. The quantitative estimate of drug-likeness (QED) is 0.688. The Morgan fingerprint density at radius 1 is 1.07 bits per heavy atom. The van der Waals surface area contributed by atoms with E-state index < -0.39 is 0 Å². The van der Waals surface area contributed by atoms with Gasteiger partial charge < -0.3 is 10.1 Å². The zero-order chi connectivity index (χ0) is 10.9. The van der Waals surface area contributed by atoms with Gasteiger partial charge in [-0.3, -0.25) is 0 Å². The number of hydrogen-bond donors (Lipinski definition) is 1. The summed E-state index contributed by atoms with van der Waals surface area (Å²) < 4.78 is 5.61. The van der Waals surface area contributed by atoms with Crippen LogP contribution in [0, 0.1) is 0 Å². The summed E-state index contributed by atoms with van der Waals surface area (Å²) in [5.41, 5.74) is 1.15. The first-order valence-electron chi connectivity index (χ1n) is 5.83. The van der Waals surface area contributed by atoms with E-state index in [4.69, 9.17) is 4.74 Å². The van der Waals surface area contributed by atoms with Crippen LogP contribution >= 0.6 is 0 Å². The molecule has 1 aromatic carbocycles. The van der Waals surface area contributed by atoms with Crippen LogP contribution in [0.3, 0.4) is 0 Å². The van der Waals surface area contributed by atoms with Crippen LogP contribution < -0.4 is 10.1 Å². The fraction of sp³-hybridized carbons (Fsp3) is 0.538. The minimum atomic E-state index is 0.828. The normalized spacial score (nSPS) is 10.0. The highest BCUT2D eigenvalue weighted by molar-refractivity contribution is 5.46. The van der Waals surface area contributed by atoms with Crippen molar-refractivity contribution in [1.29, 1.82) is 0 Å². The summed E-state index contributed by atoms with van der Waals surface area (Å²) in [6.07, 6.45) is 3.63. The number of benzene rings is 1. The molecule has 0 unspecified atom stereocenters. The van der Waals surface area contributed by atoms with Crippen molar-refractivity contribution in [3.63, 3.8) is 0 Å². The van der Waals surface area contributed by atoms with E-state index in [0.29, 0.717) is 0 Å². The highest BCUT2D eigenvalue weighted by atomic mass is 16.5. The molecule has 0 amide bonds. The molecular formula is C13H21NO. The lowest BCUT2D eigenvalue weighted by molar-refractivity contribution is 0.306. The predicted molar refractivity (Wildman–Crippen MR) is 65.6 cm³/mol. The van der Waals surface area contributed by atoms with Gasteiger partial charge in [0.25, 0.3) is 0 Å². The van der Waals surface area contributed by atoms with Crippen molar-refractivity contribution < 1.29 is 4.74 Å². The standard InChI is InChI=1S/C13H21NO/c1-3-5-6-11-15-13-9-7-12(8-10-13)14-4-2/h7-10,14H,3-6,11H2,1-2H3. The molecule has 0 aliphatic carbocycles. The van der Waals surface area contributed by atoms with Gasteiger partial charge in [0.2, 0.25) is 0 Å². The zero-order valence-electron chi connectivity index (χ0n) is 9.75. The number of unbranched alkanes of at least 4 members (excludes halogenated alkanes) is 2. The lowest BCUT2D eigenvalue weighted by atomic mass is 10.2. The van der Waals surface area contributed by atoms with E-state index in [-0.39, 0.29) is 0 Å². The van der Waals surface area contributed by atoms with E-state index in [9.17, 15) is 0 Å². The largest absolute Gasteiger partial charge is 0.494 e. The summed E-state index contributed by atoms with van der Waals surface area (Å²) in [5.74, 6) is 0.966. The van der Waals surface area contributed by atoms with Crippen LogP contribution in [0.25, 0.3) is 0 Å². The monoisotopic (exact) mass is 207 g/mol. The lowest BCUT2D eigenvalue weighted by Gasteiger charge is -2.07. The second kappa shape index (κ2) is 7.16. The smallest absolute Gasteiger partial charge is 0.119 e. The average molecular weight is 207 g/mol. The van der Waals surface area contributed by atoms with Crippen LogP contribution in [0.1, 0.15) is 33.1 Å². The minimum absolute atomic E-state index is 0.828. The topological polar surface area (TPSA) is 21.3 Å². The van der Waals surface area contributed by atoms with Crippen molar-refractivity contribution in [2.75, 3.05) is 18.5 Å². The van der Waals surface area contributed by atoms with Gasteiger partial charge in [0.15, 0.2) is 0 Å². The first-order valence-corrected chi connectivity index (χ1v) is 5.83. The molecule has 1 rings (SSSR count). The Labute approximate surface area is 92.6 Å². The van der Waals surface area contributed by atoms with Gasteiger partial charge in [-0.15, -0.1) is 0 Å². The van der Waals surface area contributed by atoms with Gasteiger partial charge >= 0.3 is 0 Å². The van der Waals surface area contributed by atoms with Crippen LogP contribution in [0.5, 0.6) is 5.75 Å². The SMILES string of the molecule is CCCCCOc1ccc(NCC)cc1. The first-order chi connectivity index (χ1) is 7.36. The van der Waals surface area contributed by atoms with Crippen molar-refractivity contribution >= 4 is 5.69 Å². The van der Waals surface area contributed by atoms with Crippen molar-refractivity contribution in [2.45, 2.75) is 33.1 Å². The van der Waals surface area contributed by atoms with Crippen LogP contribution in [-0.2, 0) is 0 Å². The third-order valence-corrected chi connectivity index (χ3v) is 2.25. The van der Waals surface area contributed by atoms with E-state index in [2.05, 4.69) is 31.3 Å². The van der Waals surface area contributed by atoms with E-state index >= 15 is 0 Å². The van der Waals surface area contributed by atoms with Crippen LogP contribution in [0.15, 0.2) is 24.3 Å². The molecule has 0 bridgehead atoms. The van der Waals surface area contributed by atoms with Crippen LogP contribution in [-0.4, -0.2) is 13.2 Å². The van der Waals surface area contributed by atoms with E-state index in [1.165, 1.54) is 12.8 Å². The summed E-state index contributed by atoms with van der Waals surface area (Å²) in [5, 5.41) is 3.26. The molecule has 2 heteroatoms. The molecule has 1 N–H and O–H groups in total. The lowest BCUT2D eigenvalue weighted by Crippen LogP contribution is -1.98. The first kappa shape index (κ1) is 11.9. The molecule has 0 aliphatic heterocycles. The Bertz CT molecular complexity index is 256. The Balaban J connectivity index is 2.29. The van der Waals surface area contributed by atoms with Crippen molar-refractivity contribution in [3.05, 3.63) is 24.3 Å². The Morgan fingerprint density at radius 2 is 1.80 bits per heavy atom. The molecule has 0 saturated heterocycles. The molecule has 0 aliphatic rings. The molecule has 2 nitrogen and oxygen atoms in total. The van der Waals surface area contributed by atoms with Crippen LogP contribution in [0.2, 0.25) is 0 Å². The van der Waals surface area contributed by atoms with E-state index in [1.807, 2.05) is 12.1 Å². The van der Waals surface area contributed by atoms with Crippen molar-refractivity contribution in [1.82, 2.24) is 0 Å². The second-order valence-corrected chi connectivity index (χ2v) is 3.61. The molecule has 0 radical (unpaired) electrons. The maximum absolute atomic E-state index is 5.61. The Kier molecular flexibility index (Phi) is 5.67. The molecule has 15 heavy (non-hydrogen) atoms. The number of hydrogen-bond acceptors (Lipinski definition) is 2. The Morgan fingerprint density at radius 3 is 2.40 bits per heavy atom. The number of rotatable bonds is 7. The number of anilines is 1. The maximum Gasteiger partial charge on any atom is 0.119 e. The second-order valence-electron chi connectivity index (χ2n) is 3.61. The summed E-state index contributed by atoms with van der Waals surface area (Å²) in [6.45, 7) is 6.07. The highest BCUT2D eigenvalue weighted by Crippen LogP contribution is 2.15. The molecule has 0 fully saturated rings. The van der Waals surface area contributed by atoms with Gasteiger partial charge in [-0.25, -0.2) is 0 Å². The van der Waals surface area contributed by atoms with Gasteiger partial charge in [-0.2, -0.15) is 0 Å². The Hall–Kier alpha value is -1.18. The summed E-state index contributed by atoms with van der Waals surface area (Å²) >= 11 is 0. The predicted octanol–water partition coefficient (Wildman–Crippen LogP) is 3.69. The summed E-state index contributed by atoms with van der Waals surface area (Å²) in [4.78, 5) is 0. The van der Waals surface area contributed by atoms with Gasteiger partial charge in [0.05, 0.1) is 6.61 Å². The molecule has 0 spiro atoms. The molecule has 0 atom stereocenters. The number of nitrogens with one attached hydrogen (secondary N) is 1. The third kappa shape index (κ3) is 4.73. The average Bonchev–Trinajstić information content (AvgIpc) is 2.27. The summed E-state index contributed by atoms with van der Waals surface area (Å²) in [6, 6.07) is 8.14. The van der Waals surface area contributed by atoms with Crippen molar-refractivity contribution in [2.24, 2.45) is 0 Å². The zero-order valence-corrected chi connectivity index (χ0v) is 9.75. The van der Waals surface area contributed by atoms with Gasteiger partial charge in [-0.1, -0.05) is 19.8 Å². The van der Waals surface area contributed by atoms with E-state index in [0.717, 1.165) is 31.0 Å². The van der Waals surface area contributed by atoms with Gasteiger partial charge in [0, 0.05) is 12.2 Å². The van der Waals surface area contributed by atoms with Crippen LogP contribution in [0.4, 0.5) is 5.69 Å².